The summed E-state index contributed by atoms with van der Waals surface area (Å²) in [5, 5.41) is 3.88. The molecule has 1 aliphatic rings. The summed E-state index contributed by atoms with van der Waals surface area (Å²) in [4.78, 5) is 49.6. The molecule has 0 unspecified atom stereocenters. The topological polar surface area (TPSA) is 130 Å². The number of carbonyl (C=O) groups is 3. The van der Waals surface area contributed by atoms with E-state index in [9.17, 15) is 14.4 Å². The maximum atomic E-state index is 14.0. The summed E-state index contributed by atoms with van der Waals surface area (Å²) in [5.74, 6) is -0.997. The van der Waals surface area contributed by atoms with E-state index in [0.717, 1.165) is 22.2 Å². The molecule has 2 aromatic heterocycles. The van der Waals surface area contributed by atoms with Crippen LogP contribution >= 0.6 is 0 Å². The lowest BCUT2D eigenvalue weighted by Crippen LogP contribution is -2.59. The molecule has 3 heterocycles. The van der Waals surface area contributed by atoms with E-state index in [0.29, 0.717) is 25.8 Å². The maximum absolute atomic E-state index is 14.0. The molecule has 1 saturated heterocycles. The first-order valence-electron chi connectivity index (χ1n) is 13.1. The van der Waals surface area contributed by atoms with Gasteiger partial charge in [0.05, 0.1) is 17.6 Å². The number of para-hydroxylation sites is 1. The largest absolute Gasteiger partial charge is 0.466 e. The van der Waals surface area contributed by atoms with Crippen molar-refractivity contribution in [3.05, 3.63) is 66.1 Å². The Balaban J connectivity index is 1.63. The summed E-state index contributed by atoms with van der Waals surface area (Å²) >= 11 is 0. The normalized spacial score (nSPS) is 18.7. The minimum absolute atomic E-state index is 0.188. The zero-order chi connectivity index (χ0) is 27.3. The summed E-state index contributed by atoms with van der Waals surface area (Å²) in [6.07, 6.45) is 5.43. The molecule has 0 saturated carbocycles. The fourth-order valence-electron chi connectivity index (χ4n) is 5.12. The number of rotatable bonds is 9. The first-order valence-corrected chi connectivity index (χ1v) is 13.1. The van der Waals surface area contributed by atoms with Gasteiger partial charge in [-0.2, -0.15) is 0 Å². The van der Waals surface area contributed by atoms with E-state index in [2.05, 4.69) is 15.3 Å². The van der Waals surface area contributed by atoms with E-state index in [-0.39, 0.29) is 31.4 Å². The first-order chi connectivity index (χ1) is 18.1. The van der Waals surface area contributed by atoms with Gasteiger partial charge >= 0.3 is 5.97 Å². The van der Waals surface area contributed by atoms with Crippen LogP contribution < -0.4 is 11.1 Å². The summed E-state index contributed by atoms with van der Waals surface area (Å²) < 4.78 is 5.49. The second-order valence-corrected chi connectivity index (χ2v) is 10.7. The van der Waals surface area contributed by atoms with E-state index < -0.39 is 22.9 Å². The molecule has 202 valence electrons. The quantitative estimate of drug-likeness (QED) is 0.373. The fraction of sp³-hybridized carbons (Fsp3) is 0.448. The molecule has 2 atom stereocenters. The molecule has 0 radical (unpaired) electrons. The highest BCUT2D eigenvalue weighted by molar-refractivity contribution is 5.93. The fourth-order valence-corrected chi connectivity index (χ4v) is 5.12. The number of pyridine rings is 1. The van der Waals surface area contributed by atoms with Crippen LogP contribution in [-0.4, -0.2) is 63.9 Å². The number of aromatic nitrogens is 2. The van der Waals surface area contributed by atoms with E-state index in [1.807, 2.05) is 48.7 Å². The Morgan fingerprint density at radius 2 is 1.97 bits per heavy atom. The second-order valence-electron chi connectivity index (χ2n) is 10.7. The highest BCUT2D eigenvalue weighted by Gasteiger charge is 2.46. The van der Waals surface area contributed by atoms with Crippen LogP contribution in [0.25, 0.3) is 10.9 Å². The van der Waals surface area contributed by atoms with Gasteiger partial charge in [0.15, 0.2) is 0 Å². The number of fused-ring (bicyclic) bond motifs is 1. The molecule has 3 aromatic rings. The molecule has 1 aromatic carbocycles. The molecule has 0 bridgehead atoms. The third-order valence-electron chi connectivity index (χ3n) is 7.13. The number of nitrogens with two attached hydrogens (primary N) is 1. The number of piperidine rings is 1. The Morgan fingerprint density at radius 3 is 2.68 bits per heavy atom. The summed E-state index contributed by atoms with van der Waals surface area (Å²) in [6.45, 7) is 5.91. The Kier molecular flexibility index (Phi) is 8.16. The van der Waals surface area contributed by atoms with Gasteiger partial charge < -0.3 is 25.7 Å². The SMILES string of the molecule is CCOC(=O)[C@@]1(Cc2ccccn2)CCCN(C(=O)[C@@H](Cc2c[nH]c3ccccc23)NC(=O)C(C)(C)N)C1. The lowest BCUT2D eigenvalue weighted by molar-refractivity contribution is -0.161. The third-order valence-corrected chi connectivity index (χ3v) is 7.13. The number of aromatic amines is 1. The van der Waals surface area contributed by atoms with Gasteiger partial charge in [-0.25, -0.2) is 0 Å². The van der Waals surface area contributed by atoms with Crippen LogP contribution in [0.1, 0.15) is 44.9 Å². The van der Waals surface area contributed by atoms with Crippen LogP contribution in [0.4, 0.5) is 0 Å². The van der Waals surface area contributed by atoms with Gasteiger partial charge in [-0.15, -0.1) is 0 Å². The number of carbonyl (C=O) groups excluding carboxylic acids is 3. The number of nitrogens with one attached hydrogen (secondary N) is 2. The van der Waals surface area contributed by atoms with Gasteiger partial charge in [0.25, 0.3) is 0 Å². The smallest absolute Gasteiger partial charge is 0.314 e. The van der Waals surface area contributed by atoms with Crippen LogP contribution in [0.15, 0.2) is 54.9 Å². The van der Waals surface area contributed by atoms with Crippen molar-refractivity contribution in [1.29, 1.82) is 0 Å². The highest BCUT2D eigenvalue weighted by Crippen LogP contribution is 2.35. The minimum Gasteiger partial charge on any atom is -0.466 e. The summed E-state index contributed by atoms with van der Waals surface area (Å²) in [7, 11) is 0. The molecule has 0 aliphatic carbocycles. The summed E-state index contributed by atoms with van der Waals surface area (Å²) in [6, 6.07) is 12.6. The number of ether oxygens (including phenoxy) is 1. The lowest BCUT2D eigenvalue weighted by atomic mass is 9.75. The van der Waals surface area contributed by atoms with Crippen LogP contribution in [0.3, 0.4) is 0 Å². The van der Waals surface area contributed by atoms with Crippen molar-refractivity contribution >= 4 is 28.7 Å². The predicted octanol–water partition coefficient (Wildman–Crippen LogP) is 2.74. The van der Waals surface area contributed by atoms with Crippen LogP contribution in [0.2, 0.25) is 0 Å². The van der Waals surface area contributed by atoms with Crippen LogP contribution in [0.5, 0.6) is 0 Å². The van der Waals surface area contributed by atoms with Crippen molar-refractivity contribution in [3.8, 4) is 0 Å². The van der Waals surface area contributed by atoms with E-state index in [1.165, 1.54) is 0 Å². The van der Waals surface area contributed by atoms with Crippen molar-refractivity contribution in [2.75, 3.05) is 19.7 Å². The Hall–Kier alpha value is -3.72. The zero-order valence-corrected chi connectivity index (χ0v) is 22.3. The van der Waals surface area contributed by atoms with Crippen molar-refractivity contribution in [2.45, 2.75) is 58.0 Å². The Labute approximate surface area is 223 Å². The van der Waals surface area contributed by atoms with Crippen molar-refractivity contribution in [2.24, 2.45) is 11.1 Å². The molecular weight excluding hydrogens is 482 g/mol. The number of benzene rings is 1. The van der Waals surface area contributed by atoms with Crippen LogP contribution in [-0.2, 0) is 32.0 Å². The molecule has 9 heteroatoms. The molecule has 4 N–H and O–H groups in total. The van der Waals surface area contributed by atoms with Gasteiger partial charge in [0.2, 0.25) is 11.8 Å². The molecule has 0 spiro atoms. The van der Waals surface area contributed by atoms with E-state index in [4.69, 9.17) is 10.5 Å². The standard InChI is InChI=1S/C29H37N5O4/c1-4-38-27(37)29(17-21-10-7-8-14-31-21)13-9-15-34(19-29)25(35)24(33-26(36)28(2,3)30)16-20-18-32-23-12-6-5-11-22(20)23/h5-8,10-12,14,18,24,32H,4,9,13,15-17,19,30H2,1-3H3,(H,33,36)/t24-,29-/m1/s1. The van der Waals surface area contributed by atoms with Gasteiger partial charge in [-0.1, -0.05) is 24.3 Å². The van der Waals surface area contributed by atoms with Crippen molar-refractivity contribution < 1.29 is 19.1 Å². The molecule has 38 heavy (non-hydrogen) atoms. The number of H-pyrrole nitrogens is 1. The van der Waals surface area contributed by atoms with Crippen molar-refractivity contribution in [1.82, 2.24) is 20.2 Å². The molecule has 1 fully saturated rings. The first kappa shape index (κ1) is 27.3. The number of hydrogen-bond donors (Lipinski definition) is 3. The minimum atomic E-state index is -1.16. The van der Waals surface area contributed by atoms with Gasteiger partial charge in [-0.3, -0.25) is 19.4 Å². The van der Waals surface area contributed by atoms with E-state index >= 15 is 0 Å². The highest BCUT2D eigenvalue weighted by atomic mass is 16.5. The van der Waals surface area contributed by atoms with Gasteiger partial charge in [-0.05, 0) is 57.4 Å². The number of esters is 1. The molecule has 4 rings (SSSR count). The number of amides is 2. The zero-order valence-electron chi connectivity index (χ0n) is 22.3. The Morgan fingerprint density at radius 1 is 1.21 bits per heavy atom. The number of likely N-dealkylation sites (tertiary alicyclic amines) is 1. The summed E-state index contributed by atoms with van der Waals surface area (Å²) in [5.41, 5.74) is 6.62. The molecule has 2 amide bonds. The van der Waals surface area contributed by atoms with Crippen LogP contribution in [0, 0.1) is 5.41 Å². The van der Waals surface area contributed by atoms with Gasteiger partial charge in [0.1, 0.15) is 6.04 Å². The Bertz CT molecular complexity index is 1280. The number of hydrogen-bond acceptors (Lipinski definition) is 6. The van der Waals surface area contributed by atoms with Gasteiger partial charge in [0, 0.05) is 54.9 Å². The lowest BCUT2D eigenvalue weighted by Gasteiger charge is -2.42. The number of nitrogens with zero attached hydrogens (tertiary/aromatic N) is 2. The maximum Gasteiger partial charge on any atom is 0.314 e. The van der Waals surface area contributed by atoms with E-state index in [1.54, 1.807) is 31.9 Å². The predicted molar refractivity (Wildman–Crippen MR) is 145 cm³/mol. The second kappa shape index (κ2) is 11.3. The monoisotopic (exact) mass is 519 g/mol. The molecule has 1 aliphatic heterocycles. The third kappa shape index (κ3) is 6.05. The average Bonchev–Trinajstić information content (AvgIpc) is 3.31. The molecular formula is C29H37N5O4. The average molecular weight is 520 g/mol. The molecule has 9 nitrogen and oxygen atoms in total. The van der Waals surface area contributed by atoms with Crippen molar-refractivity contribution in [3.63, 3.8) is 0 Å².